The zero-order valence-corrected chi connectivity index (χ0v) is 10.5. The number of alkyl halides is 3. The van der Waals surface area contributed by atoms with Crippen LogP contribution in [0.5, 0.6) is 0 Å². The Morgan fingerprint density at radius 2 is 1.94 bits per heavy atom. The number of thioether (sulfide) groups is 1. The first-order valence-corrected chi connectivity index (χ1v) is 6.27. The van der Waals surface area contributed by atoms with Crippen molar-refractivity contribution in [1.29, 1.82) is 0 Å². The molecule has 5 heteroatoms. The van der Waals surface area contributed by atoms with Gasteiger partial charge in [0.25, 0.3) is 0 Å². The Labute approximate surface area is 103 Å². The van der Waals surface area contributed by atoms with Crippen LogP contribution in [-0.4, -0.2) is 10.9 Å². The molecule has 1 rings (SSSR count). The Morgan fingerprint density at radius 3 is 2.41 bits per heavy atom. The summed E-state index contributed by atoms with van der Waals surface area (Å²) in [5.74, 6) is 1.20. The van der Waals surface area contributed by atoms with E-state index in [0.717, 1.165) is 11.8 Å². The molecule has 0 heterocycles. The largest absolute Gasteiger partial charge is 0.416 e. The van der Waals surface area contributed by atoms with Gasteiger partial charge in [0.05, 0.1) is 12.2 Å². The number of hydrogen-bond acceptors (Lipinski definition) is 2. The van der Waals surface area contributed by atoms with E-state index in [1.165, 1.54) is 17.8 Å². The van der Waals surface area contributed by atoms with E-state index in [9.17, 15) is 13.2 Å². The molecule has 0 aromatic heterocycles. The number of aliphatic hydroxyl groups is 1. The third kappa shape index (κ3) is 4.24. The molecule has 1 N–H and O–H groups in total. The molecule has 1 nitrogen and oxygen atoms in total. The van der Waals surface area contributed by atoms with Gasteiger partial charge in [-0.05, 0) is 23.6 Å². The van der Waals surface area contributed by atoms with E-state index in [0.29, 0.717) is 10.8 Å². The summed E-state index contributed by atoms with van der Waals surface area (Å²) in [7, 11) is 0. The molecule has 1 aromatic rings. The lowest BCUT2D eigenvalue weighted by Crippen LogP contribution is -2.09. The van der Waals surface area contributed by atoms with E-state index in [1.807, 2.05) is 13.8 Å². The smallest absolute Gasteiger partial charge is 0.392 e. The second-order valence-corrected chi connectivity index (χ2v) is 5.27. The second-order valence-electron chi connectivity index (χ2n) is 4.18. The van der Waals surface area contributed by atoms with Gasteiger partial charge in [0.15, 0.2) is 0 Å². The quantitative estimate of drug-likeness (QED) is 0.831. The standard InChI is InChI=1S/C12H15F3OS/c1-8(2)7-17-10-4-3-9(6-16)11(5-10)12(13,14)15/h3-5,8,16H,6-7H2,1-2H3. The highest BCUT2D eigenvalue weighted by Gasteiger charge is 2.33. The summed E-state index contributed by atoms with van der Waals surface area (Å²) in [5, 5.41) is 8.88. The minimum atomic E-state index is -4.41. The third-order valence-electron chi connectivity index (χ3n) is 2.14. The van der Waals surface area contributed by atoms with Crippen LogP contribution in [0.1, 0.15) is 25.0 Å². The van der Waals surface area contributed by atoms with Crippen LogP contribution in [0.2, 0.25) is 0 Å². The monoisotopic (exact) mass is 264 g/mol. The fourth-order valence-electron chi connectivity index (χ4n) is 1.31. The van der Waals surface area contributed by atoms with Crippen LogP contribution >= 0.6 is 11.8 Å². The van der Waals surface area contributed by atoms with E-state index >= 15 is 0 Å². The highest BCUT2D eigenvalue weighted by atomic mass is 32.2. The van der Waals surface area contributed by atoms with Crippen molar-refractivity contribution in [2.24, 2.45) is 5.92 Å². The molecule has 0 spiro atoms. The molecule has 0 radical (unpaired) electrons. The average Bonchev–Trinajstić information content (AvgIpc) is 2.24. The highest BCUT2D eigenvalue weighted by Crippen LogP contribution is 2.35. The van der Waals surface area contributed by atoms with Gasteiger partial charge in [0.2, 0.25) is 0 Å². The predicted octanol–water partition coefficient (Wildman–Crippen LogP) is 3.95. The zero-order valence-electron chi connectivity index (χ0n) is 9.71. The number of aliphatic hydroxyl groups excluding tert-OH is 1. The number of hydrogen-bond donors (Lipinski definition) is 1. The van der Waals surface area contributed by atoms with Crippen LogP contribution in [0, 0.1) is 5.92 Å². The molecular weight excluding hydrogens is 249 g/mol. The third-order valence-corrected chi connectivity index (χ3v) is 3.56. The maximum atomic E-state index is 12.7. The first-order chi connectivity index (χ1) is 7.84. The lowest BCUT2D eigenvalue weighted by molar-refractivity contribution is -0.138. The summed E-state index contributed by atoms with van der Waals surface area (Å²) in [6, 6.07) is 4.07. The molecule has 0 aliphatic carbocycles. The van der Waals surface area contributed by atoms with E-state index in [1.54, 1.807) is 6.07 Å². The van der Waals surface area contributed by atoms with Gasteiger partial charge in [0.1, 0.15) is 0 Å². The summed E-state index contributed by atoms with van der Waals surface area (Å²) < 4.78 is 38.1. The Bertz CT molecular complexity index is 375. The maximum absolute atomic E-state index is 12.7. The first-order valence-electron chi connectivity index (χ1n) is 5.28. The molecule has 96 valence electrons. The van der Waals surface area contributed by atoms with Crippen molar-refractivity contribution in [3.05, 3.63) is 29.3 Å². The Hall–Kier alpha value is -0.680. The lowest BCUT2D eigenvalue weighted by Gasteiger charge is -2.13. The molecule has 0 unspecified atom stereocenters. The molecule has 1 aromatic carbocycles. The Balaban J connectivity index is 2.97. The minimum Gasteiger partial charge on any atom is -0.392 e. The summed E-state index contributed by atoms with van der Waals surface area (Å²) in [5.41, 5.74) is -0.819. The molecule has 0 atom stereocenters. The number of benzene rings is 1. The van der Waals surface area contributed by atoms with Gasteiger partial charge in [0, 0.05) is 10.6 Å². The average molecular weight is 264 g/mol. The fraction of sp³-hybridized carbons (Fsp3) is 0.500. The van der Waals surface area contributed by atoms with Crippen LogP contribution < -0.4 is 0 Å². The normalized spacial score (nSPS) is 12.2. The summed E-state index contributed by atoms with van der Waals surface area (Å²) in [4.78, 5) is 0.586. The van der Waals surface area contributed by atoms with Crippen molar-refractivity contribution in [3.8, 4) is 0 Å². The van der Waals surface area contributed by atoms with Gasteiger partial charge >= 0.3 is 6.18 Å². The van der Waals surface area contributed by atoms with E-state index in [4.69, 9.17) is 5.11 Å². The SMILES string of the molecule is CC(C)CSc1ccc(CO)c(C(F)(F)F)c1. The zero-order chi connectivity index (χ0) is 13.1. The summed E-state index contributed by atoms with van der Waals surface area (Å²) >= 11 is 1.40. The molecular formula is C12H15F3OS. The van der Waals surface area contributed by atoms with E-state index in [-0.39, 0.29) is 5.56 Å². The molecule has 0 fully saturated rings. The molecule has 17 heavy (non-hydrogen) atoms. The molecule has 0 amide bonds. The summed E-state index contributed by atoms with van der Waals surface area (Å²) in [6.45, 7) is 3.43. The second kappa shape index (κ2) is 5.78. The maximum Gasteiger partial charge on any atom is 0.416 e. The van der Waals surface area contributed by atoms with Gasteiger partial charge in [-0.3, -0.25) is 0 Å². The van der Waals surface area contributed by atoms with Crippen molar-refractivity contribution < 1.29 is 18.3 Å². The number of halogens is 3. The van der Waals surface area contributed by atoms with Crippen LogP contribution in [-0.2, 0) is 12.8 Å². The molecule has 0 aliphatic rings. The van der Waals surface area contributed by atoms with Crippen molar-refractivity contribution >= 4 is 11.8 Å². The molecule has 0 saturated carbocycles. The molecule has 0 bridgehead atoms. The fourth-order valence-corrected chi connectivity index (χ4v) is 2.20. The van der Waals surface area contributed by atoms with Crippen LogP contribution in [0.3, 0.4) is 0 Å². The predicted molar refractivity (Wildman–Crippen MR) is 62.9 cm³/mol. The van der Waals surface area contributed by atoms with Crippen LogP contribution in [0.25, 0.3) is 0 Å². The van der Waals surface area contributed by atoms with Crippen LogP contribution in [0.4, 0.5) is 13.2 Å². The van der Waals surface area contributed by atoms with Crippen molar-refractivity contribution in [3.63, 3.8) is 0 Å². The Morgan fingerprint density at radius 1 is 1.29 bits per heavy atom. The van der Waals surface area contributed by atoms with Gasteiger partial charge in [-0.1, -0.05) is 19.9 Å². The molecule has 0 saturated heterocycles. The van der Waals surface area contributed by atoms with Crippen molar-refractivity contribution in [2.75, 3.05) is 5.75 Å². The summed E-state index contributed by atoms with van der Waals surface area (Å²) in [6.07, 6.45) is -4.41. The number of rotatable bonds is 4. The van der Waals surface area contributed by atoms with E-state index in [2.05, 4.69) is 0 Å². The van der Waals surface area contributed by atoms with Gasteiger partial charge < -0.3 is 5.11 Å². The Kier molecular flexibility index (Phi) is 4.89. The highest BCUT2D eigenvalue weighted by molar-refractivity contribution is 7.99. The van der Waals surface area contributed by atoms with Gasteiger partial charge in [-0.15, -0.1) is 11.8 Å². The molecule has 0 aliphatic heterocycles. The van der Waals surface area contributed by atoms with Gasteiger partial charge in [-0.25, -0.2) is 0 Å². The topological polar surface area (TPSA) is 20.2 Å². The van der Waals surface area contributed by atoms with Crippen LogP contribution in [0.15, 0.2) is 23.1 Å². The lowest BCUT2D eigenvalue weighted by atomic mass is 10.1. The van der Waals surface area contributed by atoms with E-state index < -0.39 is 18.3 Å². The van der Waals surface area contributed by atoms with Gasteiger partial charge in [-0.2, -0.15) is 13.2 Å². The first kappa shape index (κ1) is 14.4. The minimum absolute atomic E-state index is 0.0774. The van der Waals surface area contributed by atoms with Crippen molar-refractivity contribution in [1.82, 2.24) is 0 Å². The van der Waals surface area contributed by atoms with Crippen molar-refractivity contribution in [2.45, 2.75) is 31.5 Å².